The first-order chi connectivity index (χ1) is 12.5. The van der Waals surface area contributed by atoms with E-state index in [1.807, 2.05) is 61.5 Å². The molecule has 2 aromatic rings. The van der Waals surface area contributed by atoms with Crippen molar-refractivity contribution in [3.05, 3.63) is 70.7 Å². The molecule has 0 radical (unpaired) electrons. The molecule has 0 bridgehead atoms. The van der Waals surface area contributed by atoms with Gasteiger partial charge in [0.15, 0.2) is 0 Å². The van der Waals surface area contributed by atoms with Crippen molar-refractivity contribution < 1.29 is 9.59 Å². The molecule has 0 saturated carbocycles. The van der Waals surface area contributed by atoms with Gasteiger partial charge in [0, 0.05) is 24.5 Å². The van der Waals surface area contributed by atoms with Crippen LogP contribution in [0.25, 0.3) is 0 Å². The maximum atomic E-state index is 12.8. The van der Waals surface area contributed by atoms with Crippen molar-refractivity contribution in [2.24, 2.45) is 0 Å². The van der Waals surface area contributed by atoms with E-state index in [1.165, 1.54) is 0 Å². The minimum absolute atomic E-state index is 0.0383. The molecule has 2 amide bonds. The Morgan fingerprint density at radius 1 is 1.12 bits per heavy atom. The van der Waals surface area contributed by atoms with Gasteiger partial charge in [-0.05, 0) is 43.0 Å². The van der Waals surface area contributed by atoms with Crippen LogP contribution in [0.3, 0.4) is 0 Å². The van der Waals surface area contributed by atoms with E-state index in [9.17, 15) is 9.59 Å². The van der Waals surface area contributed by atoms with Crippen LogP contribution in [-0.4, -0.2) is 28.8 Å². The summed E-state index contributed by atoms with van der Waals surface area (Å²) in [6, 6.07) is 17.4. The van der Waals surface area contributed by atoms with Gasteiger partial charge in [-0.2, -0.15) is 0 Å². The van der Waals surface area contributed by atoms with E-state index in [0.717, 1.165) is 11.1 Å². The maximum Gasteiger partial charge on any atom is 0.245 e. The summed E-state index contributed by atoms with van der Waals surface area (Å²) in [6.07, 6.45) is 1.66. The molecule has 0 aliphatic carbocycles. The van der Waals surface area contributed by atoms with Crippen LogP contribution in [-0.2, 0) is 22.6 Å². The number of hydrogen-bond acceptors (Lipinski definition) is 2. The first-order valence-electron chi connectivity index (χ1n) is 8.86. The highest BCUT2D eigenvalue weighted by atomic mass is 35.5. The Hall–Kier alpha value is -2.33. The second kappa shape index (κ2) is 7.92. The van der Waals surface area contributed by atoms with Crippen molar-refractivity contribution in [2.75, 3.05) is 6.54 Å². The summed E-state index contributed by atoms with van der Waals surface area (Å²) in [7, 11) is 0. The number of halogens is 1. The molecule has 1 aliphatic heterocycles. The quantitative estimate of drug-likeness (QED) is 0.844. The number of nitrogens with zero attached hydrogens (tertiary/aromatic N) is 1. The number of benzene rings is 2. The molecular weight excluding hydrogens is 348 g/mol. The molecule has 2 aromatic carbocycles. The summed E-state index contributed by atoms with van der Waals surface area (Å²) in [6.45, 7) is 2.85. The van der Waals surface area contributed by atoms with Crippen molar-refractivity contribution in [1.82, 2.24) is 10.2 Å². The average Bonchev–Trinajstić information content (AvgIpc) is 2.95. The lowest BCUT2D eigenvalue weighted by atomic mass is 9.97. The van der Waals surface area contributed by atoms with Crippen LogP contribution in [0, 0.1) is 0 Å². The molecule has 136 valence electrons. The molecule has 0 aromatic heterocycles. The monoisotopic (exact) mass is 370 g/mol. The molecule has 1 aliphatic rings. The fourth-order valence-electron chi connectivity index (χ4n) is 3.36. The highest BCUT2D eigenvalue weighted by Gasteiger charge is 2.46. The van der Waals surface area contributed by atoms with Crippen LogP contribution in [0.15, 0.2) is 54.6 Å². The minimum Gasteiger partial charge on any atom is -0.350 e. The number of hydrogen-bond donors (Lipinski definition) is 1. The predicted molar refractivity (Wildman–Crippen MR) is 103 cm³/mol. The van der Waals surface area contributed by atoms with Gasteiger partial charge in [-0.15, -0.1) is 0 Å². The van der Waals surface area contributed by atoms with Crippen LogP contribution in [0.1, 0.15) is 30.9 Å². The molecule has 5 heteroatoms. The molecule has 26 heavy (non-hydrogen) atoms. The largest absolute Gasteiger partial charge is 0.350 e. The second-order valence-electron chi connectivity index (χ2n) is 6.86. The van der Waals surface area contributed by atoms with Gasteiger partial charge in [-0.1, -0.05) is 54.1 Å². The zero-order valence-corrected chi connectivity index (χ0v) is 15.6. The first-order valence-corrected chi connectivity index (χ1v) is 9.24. The van der Waals surface area contributed by atoms with E-state index in [2.05, 4.69) is 5.32 Å². The van der Waals surface area contributed by atoms with Crippen molar-refractivity contribution in [2.45, 2.75) is 38.3 Å². The summed E-state index contributed by atoms with van der Waals surface area (Å²) in [5, 5.41) is 3.68. The van der Waals surface area contributed by atoms with Crippen molar-refractivity contribution in [3.63, 3.8) is 0 Å². The summed E-state index contributed by atoms with van der Waals surface area (Å²) in [5.74, 6) is -0.0559. The van der Waals surface area contributed by atoms with Gasteiger partial charge in [-0.3, -0.25) is 9.59 Å². The molecule has 1 heterocycles. The lowest BCUT2D eigenvalue weighted by molar-refractivity contribution is -0.140. The third-order valence-corrected chi connectivity index (χ3v) is 5.30. The van der Waals surface area contributed by atoms with Crippen LogP contribution in [0.2, 0.25) is 5.02 Å². The molecule has 4 nitrogen and oxygen atoms in total. The summed E-state index contributed by atoms with van der Waals surface area (Å²) in [5.41, 5.74) is 1.35. The fourth-order valence-corrected chi connectivity index (χ4v) is 3.49. The summed E-state index contributed by atoms with van der Waals surface area (Å²) in [4.78, 5) is 26.9. The zero-order valence-electron chi connectivity index (χ0n) is 14.9. The molecular formula is C21H23ClN2O2. The Morgan fingerprint density at radius 3 is 2.50 bits per heavy atom. The summed E-state index contributed by atoms with van der Waals surface area (Å²) < 4.78 is 0. The number of rotatable bonds is 6. The van der Waals surface area contributed by atoms with Crippen LogP contribution >= 0.6 is 11.6 Å². The number of amides is 2. The molecule has 0 unspecified atom stereocenters. The van der Waals surface area contributed by atoms with Gasteiger partial charge in [0.25, 0.3) is 0 Å². The normalized spacial score (nSPS) is 19.6. The van der Waals surface area contributed by atoms with Gasteiger partial charge >= 0.3 is 0 Å². The molecule has 0 spiro atoms. The number of carbonyl (C=O) groups excluding carboxylic acids is 2. The average molecular weight is 371 g/mol. The minimum atomic E-state index is -0.793. The zero-order chi connectivity index (χ0) is 18.6. The lowest BCUT2D eigenvalue weighted by Gasteiger charge is -2.34. The van der Waals surface area contributed by atoms with E-state index in [-0.39, 0.29) is 11.8 Å². The third kappa shape index (κ3) is 4.07. The first kappa shape index (κ1) is 18.5. The number of nitrogens with one attached hydrogen (secondary N) is 1. The van der Waals surface area contributed by atoms with Crippen LogP contribution < -0.4 is 5.32 Å². The number of carbonyl (C=O) groups is 2. The third-order valence-electron chi connectivity index (χ3n) is 5.04. The van der Waals surface area contributed by atoms with Crippen molar-refractivity contribution in [1.29, 1.82) is 0 Å². The van der Waals surface area contributed by atoms with Crippen molar-refractivity contribution >= 4 is 23.4 Å². The molecule has 1 saturated heterocycles. The van der Waals surface area contributed by atoms with Gasteiger partial charge < -0.3 is 10.2 Å². The number of likely N-dealkylation sites (tertiary alicyclic amines) is 1. The lowest BCUT2D eigenvalue weighted by Crippen LogP contribution is -2.54. The smallest absolute Gasteiger partial charge is 0.245 e. The molecule has 1 N–H and O–H groups in total. The van der Waals surface area contributed by atoms with Gasteiger partial charge in [0.1, 0.15) is 5.54 Å². The Kier molecular flexibility index (Phi) is 5.62. The van der Waals surface area contributed by atoms with Crippen molar-refractivity contribution in [3.8, 4) is 0 Å². The predicted octanol–water partition coefficient (Wildman–Crippen LogP) is 3.58. The van der Waals surface area contributed by atoms with Crippen LogP contribution in [0.5, 0.6) is 0 Å². The molecule has 1 fully saturated rings. The molecule has 3 rings (SSSR count). The topological polar surface area (TPSA) is 49.4 Å². The highest BCUT2D eigenvalue weighted by Crippen LogP contribution is 2.30. The Morgan fingerprint density at radius 2 is 1.81 bits per heavy atom. The van der Waals surface area contributed by atoms with E-state index >= 15 is 0 Å². The Balaban J connectivity index is 1.64. The van der Waals surface area contributed by atoms with Gasteiger partial charge in [0.05, 0.1) is 0 Å². The van der Waals surface area contributed by atoms with E-state index in [0.29, 0.717) is 37.4 Å². The summed E-state index contributed by atoms with van der Waals surface area (Å²) >= 11 is 5.92. The molecule has 1 atom stereocenters. The standard InChI is InChI=1S/C21H23ClN2O2/c1-21(20(26)23-15-17-5-3-2-4-6-17)13-11-19(25)24(21)14-12-16-7-9-18(22)10-8-16/h2-10H,11-15H2,1H3,(H,23,26)/t21-/m0/s1. The van der Waals surface area contributed by atoms with E-state index in [1.54, 1.807) is 4.90 Å². The van der Waals surface area contributed by atoms with E-state index < -0.39 is 5.54 Å². The van der Waals surface area contributed by atoms with E-state index in [4.69, 9.17) is 11.6 Å². The highest BCUT2D eigenvalue weighted by molar-refractivity contribution is 6.30. The Labute approximate surface area is 159 Å². The van der Waals surface area contributed by atoms with Crippen LogP contribution in [0.4, 0.5) is 0 Å². The SMILES string of the molecule is C[C@@]1(C(=O)NCc2ccccc2)CCC(=O)N1CCc1ccc(Cl)cc1. The maximum absolute atomic E-state index is 12.8. The fraction of sp³-hybridized carbons (Fsp3) is 0.333. The Bertz CT molecular complexity index is 776. The second-order valence-corrected chi connectivity index (χ2v) is 7.30. The van der Waals surface area contributed by atoms with Gasteiger partial charge in [-0.25, -0.2) is 0 Å². The van der Waals surface area contributed by atoms with Gasteiger partial charge in [0.2, 0.25) is 11.8 Å².